The van der Waals surface area contributed by atoms with E-state index in [0.717, 1.165) is 24.2 Å². The van der Waals surface area contributed by atoms with Crippen LogP contribution in [0.4, 0.5) is 0 Å². The third-order valence-corrected chi connectivity index (χ3v) is 6.09. The maximum Gasteiger partial charge on any atom is 0.159 e. The molecule has 1 aromatic heterocycles. The van der Waals surface area contributed by atoms with E-state index in [0.29, 0.717) is 5.75 Å². The molecule has 1 aliphatic heterocycles. The van der Waals surface area contributed by atoms with Gasteiger partial charge < -0.3 is 10.3 Å². The van der Waals surface area contributed by atoms with Gasteiger partial charge in [-0.15, -0.1) is 11.8 Å². The highest BCUT2D eigenvalue weighted by Gasteiger charge is 2.22. The number of carbonyl (C=O) groups is 1. The molecule has 4 heteroatoms. The summed E-state index contributed by atoms with van der Waals surface area (Å²) in [5.74, 6) is 1.68. The van der Waals surface area contributed by atoms with Crippen LogP contribution >= 0.6 is 11.8 Å². The molecule has 1 aliphatic rings. The summed E-state index contributed by atoms with van der Waals surface area (Å²) in [6, 6.07) is 16.7. The number of hydrogen-bond donors (Lipinski definition) is 2. The van der Waals surface area contributed by atoms with Gasteiger partial charge in [0.05, 0.1) is 11.8 Å². The van der Waals surface area contributed by atoms with E-state index in [1.165, 1.54) is 27.6 Å². The highest BCUT2D eigenvalue weighted by atomic mass is 32.2. The standard InChI is InChI=1S/C23H24N2OS/c1-16-5-4-6-17(11-16)18-9-10-24-22(12-18)23(26)15-27-14-19-13-25-21-8-3-2-7-20(19)21/h2-9,11,13,22,24-25H,10,12,14-15H2,1H3. The van der Waals surface area contributed by atoms with E-state index in [9.17, 15) is 4.79 Å². The van der Waals surface area contributed by atoms with Gasteiger partial charge in [0, 0.05) is 29.4 Å². The summed E-state index contributed by atoms with van der Waals surface area (Å²) >= 11 is 1.70. The van der Waals surface area contributed by atoms with E-state index in [4.69, 9.17) is 0 Å². The van der Waals surface area contributed by atoms with Crippen LogP contribution in [-0.4, -0.2) is 29.1 Å². The summed E-state index contributed by atoms with van der Waals surface area (Å²) in [5, 5.41) is 4.61. The van der Waals surface area contributed by atoms with Crippen LogP contribution in [0.5, 0.6) is 0 Å². The lowest BCUT2D eigenvalue weighted by Crippen LogP contribution is -2.40. The van der Waals surface area contributed by atoms with Crippen LogP contribution < -0.4 is 5.32 Å². The van der Waals surface area contributed by atoms with Gasteiger partial charge in [-0.05, 0) is 36.1 Å². The Bertz CT molecular complexity index is 989. The number of hydrogen-bond acceptors (Lipinski definition) is 3. The molecule has 2 heterocycles. The third-order valence-electron chi connectivity index (χ3n) is 5.09. The summed E-state index contributed by atoms with van der Waals surface area (Å²) < 4.78 is 0. The van der Waals surface area contributed by atoms with Gasteiger partial charge in [-0.3, -0.25) is 4.79 Å². The molecule has 0 spiro atoms. The Labute approximate surface area is 164 Å². The summed E-state index contributed by atoms with van der Waals surface area (Å²) in [4.78, 5) is 16.0. The smallest absolute Gasteiger partial charge is 0.159 e. The normalized spacial score (nSPS) is 17.1. The van der Waals surface area contributed by atoms with Crippen molar-refractivity contribution in [1.82, 2.24) is 10.3 Å². The predicted molar refractivity (Wildman–Crippen MR) is 115 cm³/mol. The largest absolute Gasteiger partial charge is 0.361 e. The quantitative estimate of drug-likeness (QED) is 0.654. The van der Waals surface area contributed by atoms with Gasteiger partial charge in [-0.25, -0.2) is 0 Å². The number of H-pyrrole nitrogens is 1. The zero-order valence-corrected chi connectivity index (χ0v) is 16.3. The molecule has 27 heavy (non-hydrogen) atoms. The number of aryl methyl sites for hydroxylation is 1. The average Bonchev–Trinajstić information content (AvgIpc) is 3.11. The van der Waals surface area contributed by atoms with Crippen molar-refractivity contribution in [1.29, 1.82) is 0 Å². The van der Waals surface area contributed by atoms with Gasteiger partial charge in [-0.1, -0.05) is 54.1 Å². The van der Waals surface area contributed by atoms with Crippen LogP contribution in [0, 0.1) is 6.92 Å². The fourth-order valence-electron chi connectivity index (χ4n) is 3.62. The van der Waals surface area contributed by atoms with Gasteiger partial charge in [0.1, 0.15) is 0 Å². The summed E-state index contributed by atoms with van der Waals surface area (Å²) in [7, 11) is 0. The SMILES string of the molecule is Cc1cccc(C2=CCNC(C(=O)CSCc3c[nH]c4ccccc34)C2)c1. The first-order valence-electron chi connectivity index (χ1n) is 9.35. The maximum absolute atomic E-state index is 12.7. The number of benzene rings is 2. The fourth-order valence-corrected chi connectivity index (χ4v) is 4.58. The van der Waals surface area contributed by atoms with Crippen molar-refractivity contribution in [2.45, 2.75) is 25.1 Å². The van der Waals surface area contributed by atoms with Crippen LogP contribution in [0.1, 0.15) is 23.1 Å². The van der Waals surface area contributed by atoms with E-state index >= 15 is 0 Å². The minimum Gasteiger partial charge on any atom is -0.361 e. The second-order valence-corrected chi connectivity index (χ2v) is 8.07. The van der Waals surface area contributed by atoms with Gasteiger partial charge >= 0.3 is 0 Å². The van der Waals surface area contributed by atoms with Crippen molar-refractivity contribution in [3.05, 3.63) is 77.5 Å². The number of aromatic nitrogens is 1. The maximum atomic E-state index is 12.7. The third kappa shape index (κ3) is 4.18. The van der Waals surface area contributed by atoms with Gasteiger partial charge in [0.2, 0.25) is 0 Å². The minimum absolute atomic E-state index is 0.0824. The Hall–Kier alpha value is -2.30. The lowest BCUT2D eigenvalue weighted by Gasteiger charge is -2.23. The zero-order chi connectivity index (χ0) is 18.6. The van der Waals surface area contributed by atoms with E-state index in [2.05, 4.69) is 72.0 Å². The van der Waals surface area contributed by atoms with Crippen molar-refractivity contribution in [2.24, 2.45) is 0 Å². The molecule has 0 bridgehead atoms. The first-order valence-corrected chi connectivity index (χ1v) is 10.5. The molecule has 0 fully saturated rings. The Balaban J connectivity index is 1.34. The molecule has 3 aromatic rings. The topological polar surface area (TPSA) is 44.9 Å². The molecule has 0 saturated heterocycles. The van der Waals surface area contributed by atoms with Gasteiger partial charge in [0.15, 0.2) is 5.78 Å². The summed E-state index contributed by atoms with van der Waals surface area (Å²) in [5.41, 5.74) is 6.18. The number of thioether (sulfide) groups is 1. The minimum atomic E-state index is -0.0824. The molecule has 0 amide bonds. The lowest BCUT2D eigenvalue weighted by molar-refractivity contribution is -0.118. The summed E-state index contributed by atoms with van der Waals surface area (Å²) in [6.07, 6.45) is 5.03. The first-order chi connectivity index (χ1) is 13.2. The zero-order valence-electron chi connectivity index (χ0n) is 15.5. The number of aromatic amines is 1. The van der Waals surface area contributed by atoms with Crippen molar-refractivity contribution in [3.8, 4) is 0 Å². The molecule has 2 aromatic carbocycles. The molecule has 3 nitrogen and oxygen atoms in total. The Morgan fingerprint density at radius 3 is 2.96 bits per heavy atom. The monoisotopic (exact) mass is 376 g/mol. The van der Waals surface area contributed by atoms with E-state index < -0.39 is 0 Å². The lowest BCUT2D eigenvalue weighted by atomic mass is 9.93. The van der Waals surface area contributed by atoms with Crippen LogP contribution in [0.2, 0.25) is 0 Å². The Morgan fingerprint density at radius 2 is 2.07 bits per heavy atom. The van der Waals surface area contributed by atoms with E-state index in [1.54, 1.807) is 11.8 Å². The molecule has 1 unspecified atom stereocenters. The van der Waals surface area contributed by atoms with Gasteiger partial charge in [0.25, 0.3) is 0 Å². The van der Waals surface area contributed by atoms with Crippen molar-refractivity contribution in [3.63, 3.8) is 0 Å². The predicted octanol–water partition coefficient (Wildman–Crippen LogP) is 4.72. The molecule has 0 saturated carbocycles. The molecule has 2 N–H and O–H groups in total. The molecular weight excluding hydrogens is 352 g/mol. The summed E-state index contributed by atoms with van der Waals surface area (Å²) in [6.45, 7) is 2.86. The second-order valence-electron chi connectivity index (χ2n) is 7.08. The highest BCUT2D eigenvalue weighted by Crippen LogP contribution is 2.26. The number of ketones is 1. The number of para-hydroxylation sites is 1. The molecule has 4 rings (SSSR count). The Morgan fingerprint density at radius 1 is 1.19 bits per heavy atom. The average molecular weight is 377 g/mol. The molecule has 1 atom stereocenters. The number of Topliss-reactive ketones (excluding diaryl/α,β-unsaturated/α-hetero) is 1. The second kappa shape index (κ2) is 8.15. The first kappa shape index (κ1) is 18.1. The van der Waals surface area contributed by atoms with Crippen molar-refractivity contribution in [2.75, 3.05) is 12.3 Å². The number of fused-ring (bicyclic) bond motifs is 1. The number of nitrogens with one attached hydrogen (secondary N) is 2. The van der Waals surface area contributed by atoms with Gasteiger partial charge in [-0.2, -0.15) is 0 Å². The fraction of sp³-hybridized carbons (Fsp3) is 0.261. The van der Waals surface area contributed by atoms with Crippen molar-refractivity contribution >= 4 is 34.0 Å². The molecular formula is C23H24N2OS. The molecule has 0 radical (unpaired) electrons. The van der Waals surface area contributed by atoms with E-state index in [-0.39, 0.29) is 11.8 Å². The number of rotatable bonds is 6. The van der Waals surface area contributed by atoms with E-state index in [1.807, 2.05) is 6.07 Å². The molecule has 138 valence electrons. The van der Waals surface area contributed by atoms with Crippen molar-refractivity contribution < 1.29 is 4.79 Å². The van der Waals surface area contributed by atoms with Crippen LogP contribution in [0.3, 0.4) is 0 Å². The molecule has 0 aliphatic carbocycles. The number of carbonyl (C=O) groups excluding carboxylic acids is 1. The highest BCUT2D eigenvalue weighted by molar-refractivity contribution is 7.99. The van der Waals surface area contributed by atoms with Crippen LogP contribution in [0.25, 0.3) is 16.5 Å². The Kier molecular flexibility index (Phi) is 5.46. The van der Waals surface area contributed by atoms with Crippen LogP contribution in [0.15, 0.2) is 60.8 Å². The van der Waals surface area contributed by atoms with Crippen LogP contribution in [-0.2, 0) is 10.5 Å².